The van der Waals surface area contributed by atoms with Crippen molar-refractivity contribution in [2.24, 2.45) is 29.2 Å². The summed E-state index contributed by atoms with van der Waals surface area (Å²) in [7, 11) is 0. The molecule has 0 unspecified atom stereocenters. The topological polar surface area (TPSA) is 333 Å². The molecule has 6 amide bonds. The number of nitrogens with zero attached hydrogens (tertiary/aromatic N) is 1. The molecular weight excluding hydrogens is 805 g/mol. The summed E-state index contributed by atoms with van der Waals surface area (Å²) >= 11 is 0. The Hall–Kier alpha value is -5.60. The first-order chi connectivity index (χ1) is 29.3. The number of unbranched alkanes of at least 4 members (excludes halogenated alkanes) is 1. The second-order valence-corrected chi connectivity index (χ2v) is 16.5. The van der Waals surface area contributed by atoms with E-state index in [0.717, 1.165) is 0 Å². The molecule has 8 atom stereocenters. The van der Waals surface area contributed by atoms with Gasteiger partial charge in [0.25, 0.3) is 0 Å². The van der Waals surface area contributed by atoms with Crippen molar-refractivity contribution < 1.29 is 48.9 Å². The third-order valence-corrected chi connectivity index (χ3v) is 10.2. The number of nitrogens with two attached hydrogens (primary N) is 2. The van der Waals surface area contributed by atoms with Crippen LogP contribution in [0.3, 0.4) is 0 Å². The molecule has 14 N–H and O–H groups in total. The first-order valence-corrected chi connectivity index (χ1v) is 21.2. The van der Waals surface area contributed by atoms with Gasteiger partial charge in [-0.15, -0.1) is 0 Å². The summed E-state index contributed by atoms with van der Waals surface area (Å²) < 4.78 is 0. The molecule has 0 saturated heterocycles. The molecule has 0 saturated carbocycles. The highest BCUT2D eigenvalue weighted by Crippen LogP contribution is 2.14. The number of aliphatic carboxylic acids is 1. The van der Waals surface area contributed by atoms with Gasteiger partial charge in [-0.3, -0.25) is 28.8 Å². The number of aliphatic hydroxyl groups excluding tert-OH is 1. The minimum absolute atomic E-state index is 0.0286. The number of carbonyl (C=O) groups is 7. The van der Waals surface area contributed by atoms with Gasteiger partial charge < -0.3 is 63.7 Å². The van der Waals surface area contributed by atoms with Crippen LogP contribution in [0.25, 0.3) is 0 Å². The van der Waals surface area contributed by atoms with Crippen LogP contribution in [0.2, 0.25) is 0 Å². The summed E-state index contributed by atoms with van der Waals surface area (Å²) in [6, 6.07) is -2.84. The molecule has 0 aliphatic carbocycles. The SMILES string of the molecule is CC[C@H](C)[C@H](NC(=O)[C@H](CO)NC(=O)[C@H](CC(C)C)NC(=O)[C@H](Cc1cnc[nH]1)NC(=O)[C@H](Cc1ccc(O)cc1)NC(=O)[C@H](CC(C)C)NC(=O)[C@@H](N)CCCCN)C(=O)O. The summed E-state index contributed by atoms with van der Waals surface area (Å²) in [4.78, 5) is 101. The maximum Gasteiger partial charge on any atom is 0.326 e. The number of imidazole rings is 1. The number of amides is 6. The molecule has 2 aromatic rings. The summed E-state index contributed by atoms with van der Waals surface area (Å²) in [5.74, 6) is -6.63. The van der Waals surface area contributed by atoms with Crippen molar-refractivity contribution in [2.75, 3.05) is 13.2 Å². The summed E-state index contributed by atoms with van der Waals surface area (Å²) in [5, 5.41) is 45.2. The molecule has 20 nitrogen and oxygen atoms in total. The Balaban J connectivity index is 2.43. The fraction of sp³-hybridized carbons (Fsp3) is 0.619. The molecule has 20 heteroatoms. The first-order valence-electron chi connectivity index (χ1n) is 21.2. The summed E-state index contributed by atoms with van der Waals surface area (Å²) in [6.45, 7) is 10.3. The smallest absolute Gasteiger partial charge is 0.326 e. The number of carboxylic acids is 1. The van der Waals surface area contributed by atoms with Crippen molar-refractivity contribution in [1.29, 1.82) is 0 Å². The molecule has 0 aliphatic rings. The number of carbonyl (C=O) groups excluding carboxylic acids is 6. The molecule has 2 rings (SSSR count). The Morgan fingerprint density at radius 1 is 0.694 bits per heavy atom. The highest BCUT2D eigenvalue weighted by Gasteiger charge is 2.35. The van der Waals surface area contributed by atoms with E-state index < -0.39 is 96.2 Å². The van der Waals surface area contributed by atoms with Crippen molar-refractivity contribution in [1.82, 2.24) is 41.9 Å². The van der Waals surface area contributed by atoms with E-state index in [-0.39, 0.29) is 43.3 Å². The zero-order valence-corrected chi connectivity index (χ0v) is 36.6. The Bertz CT molecular complexity index is 1740. The highest BCUT2D eigenvalue weighted by atomic mass is 16.4. The van der Waals surface area contributed by atoms with Crippen LogP contribution in [0.4, 0.5) is 0 Å². The van der Waals surface area contributed by atoms with Gasteiger partial charge in [0.1, 0.15) is 42.0 Å². The van der Waals surface area contributed by atoms with E-state index in [1.807, 2.05) is 13.8 Å². The molecule has 0 fully saturated rings. The number of rotatable bonds is 28. The molecule has 62 heavy (non-hydrogen) atoms. The molecular formula is C42H68N10O10. The lowest BCUT2D eigenvalue weighted by Crippen LogP contribution is -2.61. The minimum atomic E-state index is -1.55. The van der Waals surface area contributed by atoms with Gasteiger partial charge in [-0.25, -0.2) is 9.78 Å². The minimum Gasteiger partial charge on any atom is -0.508 e. The lowest BCUT2D eigenvalue weighted by Gasteiger charge is -2.28. The van der Waals surface area contributed by atoms with Crippen LogP contribution >= 0.6 is 0 Å². The van der Waals surface area contributed by atoms with Crippen LogP contribution < -0.4 is 43.4 Å². The van der Waals surface area contributed by atoms with Gasteiger partial charge in [0, 0.05) is 24.7 Å². The molecule has 1 heterocycles. The maximum absolute atomic E-state index is 14.3. The number of aliphatic hydroxyl groups is 1. The average molecular weight is 873 g/mol. The number of nitrogens with one attached hydrogen (secondary N) is 7. The van der Waals surface area contributed by atoms with Gasteiger partial charge in [-0.2, -0.15) is 0 Å². The lowest BCUT2D eigenvalue weighted by atomic mass is 9.98. The Kier molecular flexibility index (Phi) is 22.6. The van der Waals surface area contributed by atoms with Crippen LogP contribution in [0.5, 0.6) is 5.75 Å². The Morgan fingerprint density at radius 3 is 1.65 bits per heavy atom. The van der Waals surface area contributed by atoms with Crippen LogP contribution in [0.15, 0.2) is 36.8 Å². The number of H-pyrrole nitrogens is 1. The van der Waals surface area contributed by atoms with E-state index in [9.17, 15) is 48.9 Å². The second kappa shape index (κ2) is 26.7. The first kappa shape index (κ1) is 52.5. The number of phenols is 1. The number of aromatic hydroxyl groups is 1. The van der Waals surface area contributed by atoms with Gasteiger partial charge in [0.2, 0.25) is 35.4 Å². The van der Waals surface area contributed by atoms with E-state index in [1.165, 1.54) is 24.7 Å². The zero-order valence-electron chi connectivity index (χ0n) is 36.6. The van der Waals surface area contributed by atoms with Crippen LogP contribution in [-0.4, -0.2) is 122 Å². The standard InChI is InChI=1S/C42H68N10O10/c1-7-25(6)35(42(61)62)52-41(60)34(21-53)51-38(57)31(17-24(4)5)48-40(59)33(19-27-20-45-22-46-27)50-39(58)32(18-26-11-13-28(54)14-12-26)49-37(56)30(16-23(2)3)47-36(55)29(44)10-8-9-15-43/h11-14,20,22-25,29-35,53-54H,7-10,15-19,21,43-44H2,1-6H3,(H,45,46)(H,47,55)(H,48,59)(H,49,56)(H,50,58)(H,51,57)(H,52,60)(H,61,62)/t25-,29-,30-,31-,32-,33-,34-,35-/m0/s1. The number of aromatic amines is 1. The molecule has 0 spiro atoms. The fourth-order valence-electron chi connectivity index (χ4n) is 6.45. The number of hydrogen-bond donors (Lipinski definition) is 12. The van der Waals surface area contributed by atoms with E-state index in [0.29, 0.717) is 43.5 Å². The number of benzene rings is 1. The van der Waals surface area contributed by atoms with Crippen molar-refractivity contribution in [3.63, 3.8) is 0 Å². The quantitative estimate of drug-likeness (QED) is 0.0480. The fourth-order valence-corrected chi connectivity index (χ4v) is 6.45. The third kappa shape index (κ3) is 18.2. The predicted octanol–water partition coefficient (Wildman–Crippen LogP) is -0.519. The summed E-state index contributed by atoms with van der Waals surface area (Å²) in [6.07, 6.45) is 4.92. The van der Waals surface area contributed by atoms with E-state index >= 15 is 0 Å². The number of phenolic OH excluding ortho intramolecular Hbond substituents is 1. The Labute approximate surface area is 362 Å². The van der Waals surface area contributed by atoms with Crippen LogP contribution in [0.1, 0.15) is 91.3 Å². The largest absolute Gasteiger partial charge is 0.508 e. The molecule has 346 valence electrons. The van der Waals surface area contributed by atoms with Crippen molar-refractivity contribution in [3.05, 3.63) is 48.0 Å². The van der Waals surface area contributed by atoms with Crippen LogP contribution in [-0.2, 0) is 46.4 Å². The van der Waals surface area contributed by atoms with E-state index in [1.54, 1.807) is 39.8 Å². The summed E-state index contributed by atoms with van der Waals surface area (Å²) in [5.41, 5.74) is 12.7. The molecule has 0 aliphatic heterocycles. The van der Waals surface area contributed by atoms with E-state index in [4.69, 9.17) is 11.5 Å². The Morgan fingerprint density at radius 2 is 1.18 bits per heavy atom. The normalized spacial score (nSPS) is 15.2. The predicted molar refractivity (Wildman–Crippen MR) is 230 cm³/mol. The maximum atomic E-state index is 14.3. The van der Waals surface area contributed by atoms with Gasteiger partial charge in [0.05, 0.1) is 19.0 Å². The lowest BCUT2D eigenvalue weighted by molar-refractivity contribution is -0.144. The van der Waals surface area contributed by atoms with Gasteiger partial charge in [0.15, 0.2) is 0 Å². The number of carboxylic acid groups (broad SMARTS) is 1. The number of hydrogen-bond acceptors (Lipinski definition) is 12. The molecule has 1 aromatic carbocycles. The monoisotopic (exact) mass is 873 g/mol. The van der Waals surface area contributed by atoms with Gasteiger partial charge >= 0.3 is 5.97 Å². The van der Waals surface area contributed by atoms with Crippen molar-refractivity contribution in [2.45, 2.75) is 135 Å². The van der Waals surface area contributed by atoms with E-state index in [2.05, 4.69) is 41.9 Å². The second-order valence-electron chi connectivity index (χ2n) is 16.5. The average Bonchev–Trinajstić information content (AvgIpc) is 3.73. The number of aromatic nitrogens is 2. The van der Waals surface area contributed by atoms with Crippen LogP contribution in [0, 0.1) is 17.8 Å². The van der Waals surface area contributed by atoms with Gasteiger partial charge in [-0.05, 0) is 67.7 Å². The molecule has 1 aromatic heterocycles. The van der Waals surface area contributed by atoms with Gasteiger partial charge in [-0.1, -0.05) is 66.5 Å². The zero-order chi connectivity index (χ0) is 46.5. The van der Waals surface area contributed by atoms with Crippen molar-refractivity contribution >= 4 is 41.4 Å². The molecule has 0 bridgehead atoms. The third-order valence-electron chi connectivity index (χ3n) is 10.2. The highest BCUT2D eigenvalue weighted by molar-refractivity contribution is 5.97. The molecule has 0 radical (unpaired) electrons. The van der Waals surface area contributed by atoms with Crippen molar-refractivity contribution in [3.8, 4) is 5.75 Å².